The summed E-state index contributed by atoms with van der Waals surface area (Å²) >= 11 is 0. The van der Waals surface area contributed by atoms with Gasteiger partial charge in [-0.15, -0.1) is 0 Å². The van der Waals surface area contributed by atoms with Crippen LogP contribution in [0.5, 0.6) is 0 Å². The van der Waals surface area contributed by atoms with E-state index < -0.39 is 0 Å². The number of ether oxygens (including phenoxy) is 1. The van der Waals surface area contributed by atoms with Gasteiger partial charge in [0, 0.05) is 0 Å². The van der Waals surface area contributed by atoms with Crippen LogP contribution in [0.25, 0.3) is 0 Å². The van der Waals surface area contributed by atoms with Crippen LogP contribution in [0.1, 0.15) is 44.7 Å². The van der Waals surface area contributed by atoms with E-state index in [1.54, 1.807) is 0 Å². The van der Waals surface area contributed by atoms with E-state index in [-0.39, 0.29) is 12.0 Å². The van der Waals surface area contributed by atoms with Crippen LogP contribution >= 0.6 is 0 Å². The van der Waals surface area contributed by atoms with Gasteiger partial charge in [-0.1, -0.05) is 43.7 Å². The van der Waals surface area contributed by atoms with Crippen molar-refractivity contribution < 1.29 is 9.53 Å². The Morgan fingerprint density at radius 1 is 1.35 bits per heavy atom. The van der Waals surface area contributed by atoms with Crippen molar-refractivity contribution in [3.8, 4) is 0 Å². The van der Waals surface area contributed by atoms with Crippen LogP contribution in [0, 0.1) is 11.8 Å². The minimum absolute atomic E-state index is 0.176. The third-order valence-corrected chi connectivity index (χ3v) is 4.07. The van der Waals surface area contributed by atoms with Crippen LogP contribution in [-0.4, -0.2) is 19.1 Å². The minimum Gasteiger partial charge on any atom is -0.465 e. The maximum atomic E-state index is 12.1. The Labute approximate surface area is 121 Å². The average Bonchev–Trinajstić information content (AvgIpc) is 2.86. The topological polar surface area (TPSA) is 38.3 Å². The van der Waals surface area contributed by atoms with E-state index >= 15 is 0 Å². The normalized spacial score (nSPS) is 23.5. The Hall–Kier alpha value is -1.35. The summed E-state index contributed by atoms with van der Waals surface area (Å²) in [7, 11) is 0. The molecule has 110 valence electrons. The largest absolute Gasteiger partial charge is 0.465 e. The number of esters is 1. The number of hydrogen-bond acceptors (Lipinski definition) is 3. The molecule has 3 atom stereocenters. The Bertz CT molecular complexity index is 418. The monoisotopic (exact) mass is 275 g/mol. The van der Waals surface area contributed by atoms with Crippen LogP contribution in [0.2, 0.25) is 0 Å². The SMILES string of the molecule is CCOC(=O)C(NCC1CCC(C)C1)c1ccccc1. The predicted molar refractivity (Wildman–Crippen MR) is 80.3 cm³/mol. The van der Waals surface area contributed by atoms with E-state index in [0.29, 0.717) is 12.5 Å². The molecule has 3 nitrogen and oxygen atoms in total. The predicted octanol–water partition coefficient (Wildman–Crippen LogP) is 3.32. The van der Waals surface area contributed by atoms with Gasteiger partial charge in [-0.3, -0.25) is 0 Å². The van der Waals surface area contributed by atoms with Crippen molar-refractivity contribution in [2.45, 2.75) is 39.2 Å². The van der Waals surface area contributed by atoms with E-state index in [1.807, 2.05) is 37.3 Å². The van der Waals surface area contributed by atoms with E-state index in [0.717, 1.165) is 18.0 Å². The first-order valence-corrected chi connectivity index (χ1v) is 7.65. The molecule has 0 amide bonds. The van der Waals surface area contributed by atoms with Gasteiger partial charge in [0.05, 0.1) is 6.61 Å². The Kier molecular flexibility index (Phi) is 5.60. The zero-order valence-electron chi connectivity index (χ0n) is 12.5. The molecule has 1 aliphatic rings. The minimum atomic E-state index is -0.341. The molecular formula is C17H25NO2. The van der Waals surface area contributed by atoms with Gasteiger partial charge in [-0.05, 0) is 43.7 Å². The van der Waals surface area contributed by atoms with E-state index in [1.165, 1.54) is 19.3 Å². The molecule has 0 radical (unpaired) electrons. The maximum absolute atomic E-state index is 12.1. The van der Waals surface area contributed by atoms with Crippen LogP contribution in [0.4, 0.5) is 0 Å². The number of rotatable bonds is 6. The number of carbonyl (C=O) groups excluding carboxylic acids is 1. The molecule has 0 heterocycles. The summed E-state index contributed by atoms with van der Waals surface area (Å²) < 4.78 is 5.19. The van der Waals surface area contributed by atoms with Crippen molar-refractivity contribution in [3.63, 3.8) is 0 Å². The molecular weight excluding hydrogens is 250 g/mol. The molecule has 3 unspecified atom stereocenters. The van der Waals surface area contributed by atoms with Crippen LogP contribution in [0.3, 0.4) is 0 Å². The molecule has 0 bridgehead atoms. The lowest BCUT2D eigenvalue weighted by Gasteiger charge is -2.20. The summed E-state index contributed by atoms with van der Waals surface area (Å²) in [6, 6.07) is 9.50. The zero-order chi connectivity index (χ0) is 14.4. The molecule has 1 aliphatic carbocycles. The summed E-state index contributed by atoms with van der Waals surface area (Å²) in [6.45, 7) is 5.46. The molecule has 1 aromatic rings. The van der Waals surface area contributed by atoms with Crippen molar-refractivity contribution >= 4 is 5.97 Å². The van der Waals surface area contributed by atoms with Gasteiger partial charge in [0.25, 0.3) is 0 Å². The quantitative estimate of drug-likeness (QED) is 0.809. The van der Waals surface area contributed by atoms with Crippen LogP contribution < -0.4 is 5.32 Å². The van der Waals surface area contributed by atoms with Gasteiger partial charge in [0.2, 0.25) is 0 Å². The van der Waals surface area contributed by atoms with E-state index in [4.69, 9.17) is 4.74 Å². The Morgan fingerprint density at radius 3 is 2.70 bits per heavy atom. The Balaban J connectivity index is 1.98. The molecule has 1 N–H and O–H groups in total. The molecule has 20 heavy (non-hydrogen) atoms. The van der Waals surface area contributed by atoms with Crippen molar-refractivity contribution in [1.82, 2.24) is 5.32 Å². The van der Waals surface area contributed by atoms with Crippen LogP contribution in [-0.2, 0) is 9.53 Å². The van der Waals surface area contributed by atoms with Gasteiger partial charge < -0.3 is 10.1 Å². The molecule has 3 heteroatoms. The van der Waals surface area contributed by atoms with E-state index in [2.05, 4.69) is 12.2 Å². The first kappa shape index (κ1) is 15.0. The first-order chi connectivity index (χ1) is 9.70. The lowest BCUT2D eigenvalue weighted by Crippen LogP contribution is -2.33. The van der Waals surface area contributed by atoms with Crippen molar-refractivity contribution in [2.24, 2.45) is 11.8 Å². The lowest BCUT2D eigenvalue weighted by molar-refractivity contribution is -0.145. The van der Waals surface area contributed by atoms with Gasteiger partial charge in [0.1, 0.15) is 6.04 Å². The van der Waals surface area contributed by atoms with Crippen molar-refractivity contribution in [2.75, 3.05) is 13.2 Å². The Morgan fingerprint density at radius 2 is 2.10 bits per heavy atom. The molecule has 1 saturated carbocycles. The summed E-state index contributed by atoms with van der Waals surface area (Å²) in [5.41, 5.74) is 0.983. The summed E-state index contributed by atoms with van der Waals surface area (Å²) in [5, 5.41) is 3.41. The van der Waals surface area contributed by atoms with Gasteiger partial charge in [0.15, 0.2) is 0 Å². The highest BCUT2D eigenvalue weighted by Crippen LogP contribution is 2.30. The van der Waals surface area contributed by atoms with Crippen molar-refractivity contribution in [3.05, 3.63) is 35.9 Å². The number of hydrogen-bond donors (Lipinski definition) is 1. The number of carbonyl (C=O) groups is 1. The molecule has 0 aromatic heterocycles. The lowest BCUT2D eigenvalue weighted by atomic mass is 10.0. The summed E-state index contributed by atoms with van der Waals surface area (Å²) in [6.07, 6.45) is 3.83. The van der Waals surface area contributed by atoms with E-state index in [9.17, 15) is 4.79 Å². The molecule has 0 saturated heterocycles. The standard InChI is InChI=1S/C17H25NO2/c1-3-20-17(19)16(15-7-5-4-6-8-15)18-12-14-10-9-13(2)11-14/h4-8,13-14,16,18H,3,9-12H2,1-2H3. The second kappa shape index (κ2) is 7.44. The third kappa shape index (κ3) is 4.07. The highest BCUT2D eigenvalue weighted by Gasteiger charge is 2.25. The smallest absolute Gasteiger partial charge is 0.327 e. The highest BCUT2D eigenvalue weighted by molar-refractivity contribution is 5.77. The molecule has 1 aromatic carbocycles. The fourth-order valence-corrected chi connectivity index (χ4v) is 3.00. The molecule has 1 fully saturated rings. The molecule has 0 aliphatic heterocycles. The highest BCUT2D eigenvalue weighted by atomic mass is 16.5. The van der Waals surface area contributed by atoms with Crippen LogP contribution in [0.15, 0.2) is 30.3 Å². The number of nitrogens with one attached hydrogen (secondary N) is 1. The fraction of sp³-hybridized carbons (Fsp3) is 0.588. The van der Waals surface area contributed by atoms with Gasteiger partial charge in [-0.25, -0.2) is 4.79 Å². The average molecular weight is 275 g/mol. The second-order valence-corrected chi connectivity index (χ2v) is 5.79. The first-order valence-electron chi connectivity index (χ1n) is 7.65. The van der Waals surface area contributed by atoms with Gasteiger partial charge in [-0.2, -0.15) is 0 Å². The zero-order valence-corrected chi connectivity index (χ0v) is 12.5. The maximum Gasteiger partial charge on any atom is 0.327 e. The third-order valence-electron chi connectivity index (χ3n) is 4.07. The van der Waals surface area contributed by atoms with Gasteiger partial charge >= 0.3 is 5.97 Å². The molecule has 0 spiro atoms. The summed E-state index contributed by atoms with van der Waals surface area (Å²) in [5.74, 6) is 1.33. The van der Waals surface area contributed by atoms with Crippen molar-refractivity contribution in [1.29, 1.82) is 0 Å². The fourth-order valence-electron chi connectivity index (χ4n) is 3.00. The summed E-state index contributed by atoms with van der Waals surface area (Å²) in [4.78, 5) is 12.1. The second-order valence-electron chi connectivity index (χ2n) is 5.79. The molecule has 2 rings (SSSR count). The number of benzene rings is 1.